The molecule has 8 unspecified atom stereocenters. The molecule has 1 saturated heterocycles. The van der Waals surface area contributed by atoms with E-state index in [4.69, 9.17) is 23.7 Å². The number of methoxy groups -OCH3 is 2. The Bertz CT molecular complexity index is 1120. The Morgan fingerprint density at radius 3 is 2.29 bits per heavy atom. The van der Waals surface area contributed by atoms with Crippen molar-refractivity contribution < 1.29 is 48.3 Å². The third kappa shape index (κ3) is 4.33. The van der Waals surface area contributed by atoms with Gasteiger partial charge in [0.2, 0.25) is 0 Å². The van der Waals surface area contributed by atoms with Crippen molar-refractivity contribution >= 4 is 17.7 Å². The average Bonchev–Trinajstić information content (AvgIpc) is 2.90. The van der Waals surface area contributed by atoms with Crippen molar-refractivity contribution in [1.82, 2.24) is 5.32 Å². The lowest BCUT2D eigenvalue weighted by atomic mass is 9.42. The van der Waals surface area contributed by atoms with E-state index in [1.165, 1.54) is 14.0 Å². The Hall–Kier alpha value is -1.89. The van der Waals surface area contributed by atoms with Crippen molar-refractivity contribution in [3.8, 4) is 0 Å². The number of ether oxygens (including phenoxy) is 5. The first-order chi connectivity index (χ1) is 19.0. The van der Waals surface area contributed by atoms with E-state index in [0.29, 0.717) is 17.6 Å². The maximum absolute atomic E-state index is 14.8. The molecule has 4 rings (SSSR count). The fourth-order valence-electron chi connectivity index (χ4n) is 8.59. The number of rotatable bonds is 7. The first-order valence-corrected chi connectivity index (χ1v) is 14.4. The van der Waals surface area contributed by atoms with Crippen LogP contribution in [0.25, 0.3) is 0 Å². The van der Waals surface area contributed by atoms with Crippen LogP contribution in [0.2, 0.25) is 0 Å². The summed E-state index contributed by atoms with van der Waals surface area (Å²) < 4.78 is 29.7. The molecule has 0 aromatic heterocycles. The topological polar surface area (TPSA) is 150 Å². The van der Waals surface area contributed by atoms with Gasteiger partial charge in [0.1, 0.15) is 18.3 Å². The van der Waals surface area contributed by atoms with Crippen LogP contribution < -0.4 is 5.32 Å². The molecule has 0 spiro atoms. The van der Waals surface area contributed by atoms with E-state index >= 15 is 0 Å². The van der Waals surface area contributed by atoms with Crippen LogP contribution >= 0.6 is 0 Å². The van der Waals surface area contributed by atoms with Gasteiger partial charge in [-0.1, -0.05) is 20.8 Å². The molecule has 3 fully saturated rings. The van der Waals surface area contributed by atoms with Crippen molar-refractivity contribution in [1.29, 1.82) is 0 Å². The second kappa shape index (κ2) is 10.7. The van der Waals surface area contributed by atoms with Crippen LogP contribution in [-0.4, -0.2) is 104 Å². The van der Waals surface area contributed by atoms with Crippen LogP contribution in [0.3, 0.4) is 0 Å². The minimum atomic E-state index is -1.57. The Balaban J connectivity index is 1.96. The minimum absolute atomic E-state index is 0.000572. The smallest absolute Gasteiger partial charge is 0.337 e. The van der Waals surface area contributed by atoms with E-state index in [1.54, 1.807) is 28.0 Å². The summed E-state index contributed by atoms with van der Waals surface area (Å²) in [6, 6.07) is -0.565. The van der Waals surface area contributed by atoms with E-state index in [1.807, 2.05) is 27.7 Å². The van der Waals surface area contributed by atoms with Crippen LogP contribution in [0.1, 0.15) is 61.3 Å². The van der Waals surface area contributed by atoms with Crippen LogP contribution in [-0.2, 0) is 38.1 Å². The van der Waals surface area contributed by atoms with E-state index in [-0.39, 0.29) is 18.8 Å². The maximum atomic E-state index is 14.8. The van der Waals surface area contributed by atoms with Gasteiger partial charge in [0.25, 0.3) is 0 Å². The Morgan fingerprint density at radius 1 is 1.17 bits per heavy atom. The van der Waals surface area contributed by atoms with Crippen molar-refractivity contribution in [2.24, 2.45) is 22.7 Å². The first-order valence-electron chi connectivity index (χ1n) is 14.4. The number of aliphatic hydroxyl groups is 2. The van der Waals surface area contributed by atoms with Gasteiger partial charge in [-0.3, -0.25) is 9.59 Å². The van der Waals surface area contributed by atoms with Gasteiger partial charge >= 0.3 is 11.9 Å². The van der Waals surface area contributed by atoms with E-state index in [0.717, 1.165) is 0 Å². The third-order valence-electron chi connectivity index (χ3n) is 11.1. The molecule has 11 nitrogen and oxygen atoms in total. The molecule has 0 radical (unpaired) electrons. The van der Waals surface area contributed by atoms with Gasteiger partial charge in [-0.15, -0.1) is 0 Å². The number of hydrogen-bond donors (Lipinski definition) is 3. The fourth-order valence-corrected chi connectivity index (χ4v) is 8.59. The van der Waals surface area contributed by atoms with Gasteiger partial charge in [-0.25, -0.2) is 4.79 Å². The van der Waals surface area contributed by atoms with Crippen molar-refractivity contribution in [2.75, 3.05) is 27.9 Å². The monoisotopic (exact) mass is 581 g/mol. The number of fused-ring (bicyclic) bond motifs is 5. The highest BCUT2D eigenvalue weighted by atomic mass is 16.6. The quantitative estimate of drug-likeness (QED) is 0.295. The zero-order valence-corrected chi connectivity index (χ0v) is 25.9. The molecule has 0 aromatic carbocycles. The molecule has 3 aliphatic carbocycles. The van der Waals surface area contributed by atoms with Gasteiger partial charge in [0.15, 0.2) is 17.5 Å². The number of Topliss-reactive ketones (excluding diaryl/α,β-unsaturated/α-hetero) is 1. The predicted molar refractivity (Wildman–Crippen MR) is 147 cm³/mol. The predicted octanol–water partition coefficient (Wildman–Crippen LogP) is 1.32. The summed E-state index contributed by atoms with van der Waals surface area (Å²) in [5.41, 5.74) is -3.88. The summed E-state index contributed by atoms with van der Waals surface area (Å²) in [7, 11) is 4.61. The van der Waals surface area contributed by atoms with Gasteiger partial charge in [-0.2, -0.15) is 0 Å². The Labute approximate surface area is 242 Å². The molecular weight excluding hydrogens is 534 g/mol. The van der Waals surface area contributed by atoms with Crippen molar-refractivity contribution in [3.63, 3.8) is 0 Å². The highest BCUT2D eigenvalue weighted by molar-refractivity contribution is 5.93. The lowest BCUT2D eigenvalue weighted by Gasteiger charge is -2.68. The number of nitrogens with one attached hydrogen (secondary N) is 1. The largest absolute Gasteiger partial charge is 0.456 e. The molecule has 3 N–H and O–H groups in total. The zero-order chi connectivity index (χ0) is 30.9. The summed E-state index contributed by atoms with van der Waals surface area (Å²) in [5, 5.41) is 26.3. The second-order valence-electron chi connectivity index (χ2n) is 13.1. The van der Waals surface area contributed by atoms with Crippen LogP contribution in [0.5, 0.6) is 0 Å². The molecule has 2 saturated carbocycles. The van der Waals surface area contributed by atoms with E-state index in [9.17, 15) is 24.6 Å². The Kier molecular flexibility index (Phi) is 8.34. The van der Waals surface area contributed by atoms with Gasteiger partial charge < -0.3 is 39.2 Å². The summed E-state index contributed by atoms with van der Waals surface area (Å²) in [4.78, 5) is 40.4. The van der Waals surface area contributed by atoms with Gasteiger partial charge in [0.05, 0.1) is 23.7 Å². The fraction of sp³-hybridized carbons (Fsp3) is 0.833. The van der Waals surface area contributed by atoms with Crippen LogP contribution in [0, 0.1) is 22.7 Å². The van der Waals surface area contributed by atoms with E-state index < -0.39 is 82.4 Å². The SMILES string of the molecule is CNC(C)C(O)C(=O)OC1CC2(O)[C@@H](C)C3[C@]4(OC(C)=O)COC4CC(OC)[C@@]3(C)C(=O)C(OC)C(=C1C)C2(C)C. The lowest BCUT2D eigenvalue weighted by molar-refractivity contribution is -0.340. The standard InChI is InChI=1S/C30H47NO10/c1-14-18(40-26(35)22(33)16(3)31-8)12-30(36)15(2)24-28(7,25(34)23(38-10)21(14)27(30,5)6)19(37-9)11-20-29(24,13-39-20)41-17(4)32/h15-16,18-20,22-24,31,33,36H,11-13H2,1-10H3/t15-,16?,18?,19?,20?,22?,23?,24?,28+,29-,30?/m0/s1. The molecule has 11 heteroatoms. The Morgan fingerprint density at radius 2 is 1.80 bits per heavy atom. The van der Waals surface area contributed by atoms with Crippen molar-refractivity contribution in [2.45, 2.75) is 109 Å². The molecule has 0 aromatic rings. The summed E-state index contributed by atoms with van der Waals surface area (Å²) in [6.07, 6.45) is -4.28. The zero-order valence-electron chi connectivity index (χ0n) is 25.9. The summed E-state index contributed by atoms with van der Waals surface area (Å²) in [6.45, 7) is 12.2. The molecular formula is C30H47NO10. The summed E-state index contributed by atoms with van der Waals surface area (Å²) in [5.74, 6) is -3.00. The molecule has 1 aliphatic heterocycles. The molecule has 4 aliphatic rings. The maximum Gasteiger partial charge on any atom is 0.337 e. The molecule has 232 valence electrons. The number of carbonyl (C=O) groups excluding carboxylic acids is 3. The number of carbonyl (C=O) groups is 3. The van der Waals surface area contributed by atoms with Gasteiger partial charge in [-0.05, 0) is 44.9 Å². The minimum Gasteiger partial charge on any atom is -0.456 e. The number of esters is 2. The van der Waals surface area contributed by atoms with Crippen LogP contribution in [0.4, 0.5) is 0 Å². The number of ketones is 1. The number of likely N-dealkylation sites (N-methyl/N-ethyl adjacent to an activating group) is 1. The molecule has 2 bridgehead atoms. The number of hydrogen-bond acceptors (Lipinski definition) is 11. The first kappa shape index (κ1) is 32.0. The molecule has 1 heterocycles. The normalized spacial score (nSPS) is 43.0. The average molecular weight is 582 g/mol. The highest BCUT2D eigenvalue weighted by Gasteiger charge is 2.76. The summed E-state index contributed by atoms with van der Waals surface area (Å²) >= 11 is 0. The van der Waals surface area contributed by atoms with Crippen molar-refractivity contribution in [3.05, 3.63) is 11.1 Å². The molecule has 0 amide bonds. The number of aliphatic hydroxyl groups excluding tert-OH is 1. The molecule has 11 atom stereocenters. The van der Waals surface area contributed by atoms with Crippen LogP contribution in [0.15, 0.2) is 11.1 Å². The van der Waals surface area contributed by atoms with E-state index in [2.05, 4.69) is 5.32 Å². The third-order valence-corrected chi connectivity index (χ3v) is 11.1. The second-order valence-corrected chi connectivity index (χ2v) is 13.1. The highest BCUT2D eigenvalue weighted by Crippen LogP contribution is 2.65. The lowest BCUT2D eigenvalue weighted by Crippen LogP contribution is -2.80. The van der Waals surface area contributed by atoms with Gasteiger partial charge in [0, 0.05) is 51.4 Å². The molecule has 41 heavy (non-hydrogen) atoms.